The molecule has 1 saturated carbocycles. The Hall–Kier alpha value is -2.19. The SMILES string of the molecule is O=C(NCC1CCCO1)C1CCC(CN2CC3(CCN(Cc4ccc(F)cc4)CC3)OC2=O)CC1. The van der Waals surface area contributed by atoms with Crippen molar-refractivity contribution in [3.05, 3.63) is 35.6 Å². The van der Waals surface area contributed by atoms with Gasteiger partial charge in [0.1, 0.15) is 11.4 Å². The molecule has 3 saturated heterocycles. The molecule has 0 bridgehead atoms. The number of amides is 2. The lowest BCUT2D eigenvalue weighted by Crippen LogP contribution is -2.47. The minimum absolute atomic E-state index is 0.0787. The molecule has 1 unspecified atom stereocenters. The third kappa shape index (κ3) is 6.15. The summed E-state index contributed by atoms with van der Waals surface area (Å²) < 4.78 is 24.7. The van der Waals surface area contributed by atoms with E-state index in [2.05, 4.69) is 10.2 Å². The van der Waals surface area contributed by atoms with Crippen LogP contribution in [0.3, 0.4) is 0 Å². The van der Waals surface area contributed by atoms with E-state index in [1.807, 2.05) is 17.0 Å². The number of benzene rings is 1. The van der Waals surface area contributed by atoms with Gasteiger partial charge in [-0.05, 0) is 62.1 Å². The van der Waals surface area contributed by atoms with Crippen LogP contribution in [0.5, 0.6) is 0 Å². The Bertz CT molecular complexity index is 873. The van der Waals surface area contributed by atoms with Crippen molar-refractivity contribution in [1.82, 2.24) is 15.1 Å². The van der Waals surface area contributed by atoms with E-state index < -0.39 is 0 Å². The van der Waals surface area contributed by atoms with E-state index in [1.54, 1.807) is 0 Å². The van der Waals surface area contributed by atoms with Crippen molar-refractivity contribution >= 4 is 12.0 Å². The van der Waals surface area contributed by atoms with Crippen LogP contribution in [0.4, 0.5) is 9.18 Å². The number of nitrogens with zero attached hydrogens (tertiary/aromatic N) is 2. The highest BCUT2D eigenvalue weighted by Crippen LogP contribution is 2.36. The van der Waals surface area contributed by atoms with Crippen LogP contribution in [0.15, 0.2) is 24.3 Å². The van der Waals surface area contributed by atoms with Gasteiger partial charge in [0.2, 0.25) is 5.91 Å². The number of nitrogens with one attached hydrogen (secondary N) is 1. The first kappa shape index (κ1) is 24.5. The second kappa shape index (κ2) is 10.8. The van der Waals surface area contributed by atoms with E-state index in [4.69, 9.17) is 9.47 Å². The molecule has 1 aromatic carbocycles. The molecule has 0 aromatic heterocycles. The van der Waals surface area contributed by atoms with Crippen molar-refractivity contribution in [2.45, 2.75) is 69.6 Å². The van der Waals surface area contributed by atoms with Gasteiger partial charge < -0.3 is 19.7 Å². The summed E-state index contributed by atoms with van der Waals surface area (Å²) in [6.07, 6.45) is 7.48. The predicted octanol–water partition coefficient (Wildman–Crippen LogP) is 3.71. The predicted molar refractivity (Wildman–Crippen MR) is 129 cm³/mol. The average molecular weight is 488 g/mol. The molecule has 35 heavy (non-hydrogen) atoms. The Morgan fingerprint density at radius 3 is 2.51 bits per heavy atom. The van der Waals surface area contributed by atoms with Gasteiger partial charge in [0.25, 0.3) is 0 Å². The maximum atomic E-state index is 13.2. The number of carbonyl (C=O) groups excluding carboxylic acids is 2. The van der Waals surface area contributed by atoms with Crippen molar-refractivity contribution in [3.8, 4) is 0 Å². The fraction of sp³-hybridized carbons (Fsp3) is 0.704. The van der Waals surface area contributed by atoms with Gasteiger partial charge in [-0.15, -0.1) is 0 Å². The van der Waals surface area contributed by atoms with Gasteiger partial charge in [-0.1, -0.05) is 12.1 Å². The summed E-state index contributed by atoms with van der Waals surface area (Å²) >= 11 is 0. The van der Waals surface area contributed by atoms with Crippen molar-refractivity contribution in [2.24, 2.45) is 11.8 Å². The van der Waals surface area contributed by atoms with E-state index in [-0.39, 0.29) is 35.4 Å². The molecule has 1 aliphatic carbocycles. The molecule has 3 aliphatic heterocycles. The van der Waals surface area contributed by atoms with Crippen LogP contribution in [-0.4, -0.2) is 72.8 Å². The number of piperidine rings is 1. The molecule has 192 valence electrons. The van der Waals surface area contributed by atoms with E-state index in [1.165, 1.54) is 12.1 Å². The number of rotatable bonds is 7. The summed E-state index contributed by atoms with van der Waals surface area (Å²) in [6.45, 7) is 5.35. The maximum Gasteiger partial charge on any atom is 0.410 e. The lowest BCUT2D eigenvalue weighted by Gasteiger charge is -2.37. The zero-order valence-electron chi connectivity index (χ0n) is 20.6. The first-order valence-electron chi connectivity index (χ1n) is 13.3. The number of hydrogen-bond donors (Lipinski definition) is 1. The molecule has 1 N–H and O–H groups in total. The lowest BCUT2D eigenvalue weighted by atomic mass is 9.81. The second-order valence-electron chi connectivity index (χ2n) is 10.9. The van der Waals surface area contributed by atoms with Crippen LogP contribution < -0.4 is 5.32 Å². The zero-order chi connectivity index (χ0) is 24.3. The Morgan fingerprint density at radius 1 is 1.09 bits per heavy atom. The minimum Gasteiger partial charge on any atom is -0.441 e. The van der Waals surface area contributed by atoms with Crippen LogP contribution in [-0.2, 0) is 20.8 Å². The molecule has 1 aromatic rings. The molecular weight excluding hydrogens is 449 g/mol. The minimum atomic E-state index is -0.379. The van der Waals surface area contributed by atoms with Crippen molar-refractivity contribution in [2.75, 3.05) is 39.3 Å². The molecule has 5 rings (SSSR count). The summed E-state index contributed by atoms with van der Waals surface area (Å²) in [6, 6.07) is 6.67. The van der Waals surface area contributed by atoms with E-state index >= 15 is 0 Å². The average Bonchev–Trinajstić information content (AvgIpc) is 3.49. The molecule has 4 aliphatic rings. The third-order valence-electron chi connectivity index (χ3n) is 8.35. The smallest absolute Gasteiger partial charge is 0.410 e. The van der Waals surface area contributed by atoms with Gasteiger partial charge >= 0.3 is 6.09 Å². The lowest BCUT2D eigenvalue weighted by molar-refractivity contribution is -0.126. The van der Waals surface area contributed by atoms with Crippen molar-refractivity contribution in [1.29, 1.82) is 0 Å². The van der Waals surface area contributed by atoms with Crippen LogP contribution in [0, 0.1) is 17.7 Å². The Morgan fingerprint density at radius 2 is 1.83 bits per heavy atom. The molecule has 1 atom stereocenters. The molecule has 7 nitrogen and oxygen atoms in total. The van der Waals surface area contributed by atoms with Gasteiger partial charge in [-0.2, -0.15) is 0 Å². The highest BCUT2D eigenvalue weighted by Gasteiger charge is 2.47. The van der Waals surface area contributed by atoms with Crippen LogP contribution in [0.1, 0.15) is 56.9 Å². The first-order valence-corrected chi connectivity index (χ1v) is 13.3. The summed E-state index contributed by atoms with van der Waals surface area (Å²) in [5, 5.41) is 3.08. The van der Waals surface area contributed by atoms with Crippen LogP contribution in [0.25, 0.3) is 0 Å². The maximum absolute atomic E-state index is 13.2. The molecule has 0 radical (unpaired) electrons. The van der Waals surface area contributed by atoms with Gasteiger partial charge in [-0.25, -0.2) is 9.18 Å². The van der Waals surface area contributed by atoms with E-state index in [9.17, 15) is 14.0 Å². The molecule has 1 spiro atoms. The van der Waals surface area contributed by atoms with Crippen molar-refractivity contribution in [3.63, 3.8) is 0 Å². The Labute approximate surface area is 207 Å². The second-order valence-corrected chi connectivity index (χ2v) is 10.9. The number of carbonyl (C=O) groups is 2. The van der Waals surface area contributed by atoms with Crippen LogP contribution >= 0.6 is 0 Å². The Balaban J connectivity index is 1.03. The largest absolute Gasteiger partial charge is 0.441 e. The standard InChI is InChI=1S/C27H38FN3O4/c28-23-9-5-20(6-10-23)17-30-13-11-27(12-14-30)19-31(26(33)35-27)18-21-3-7-22(8-4-21)25(32)29-16-24-2-1-15-34-24/h5-6,9-10,21-22,24H,1-4,7-8,11-19H2,(H,29,32). The zero-order valence-corrected chi connectivity index (χ0v) is 20.6. The Kier molecular flexibility index (Phi) is 7.58. The van der Waals surface area contributed by atoms with Gasteiger partial charge in [0.15, 0.2) is 0 Å². The summed E-state index contributed by atoms with van der Waals surface area (Å²) in [7, 11) is 0. The van der Waals surface area contributed by atoms with Crippen molar-refractivity contribution < 1.29 is 23.5 Å². The number of halogens is 1. The normalized spacial score (nSPS) is 28.9. The monoisotopic (exact) mass is 487 g/mol. The number of hydrogen-bond acceptors (Lipinski definition) is 5. The molecule has 3 heterocycles. The number of ether oxygens (including phenoxy) is 2. The topological polar surface area (TPSA) is 71.1 Å². The fourth-order valence-electron chi connectivity index (χ4n) is 6.14. The quantitative estimate of drug-likeness (QED) is 0.635. The van der Waals surface area contributed by atoms with Gasteiger partial charge in [0, 0.05) is 58.1 Å². The molecular formula is C27H38FN3O4. The van der Waals surface area contributed by atoms with Crippen LogP contribution in [0.2, 0.25) is 0 Å². The van der Waals surface area contributed by atoms with Gasteiger partial charge in [-0.3, -0.25) is 9.69 Å². The molecule has 2 amide bonds. The summed E-state index contributed by atoms with van der Waals surface area (Å²) in [5.74, 6) is 0.454. The van der Waals surface area contributed by atoms with Gasteiger partial charge in [0.05, 0.1) is 12.6 Å². The number of likely N-dealkylation sites (tertiary alicyclic amines) is 1. The first-order chi connectivity index (χ1) is 17.0. The summed E-state index contributed by atoms with van der Waals surface area (Å²) in [5.41, 5.74) is 0.721. The highest BCUT2D eigenvalue weighted by molar-refractivity contribution is 5.78. The highest BCUT2D eigenvalue weighted by atomic mass is 19.1. The third-order valence-corrected chi connectivity index (χ3v) is 8.35. The molecule has 4 fully saturated rings. The summed E-state index contributed by atoms with van der Waals surface area (Å²) in [4.78, 5) is 29.5. The molecule has 8 heteroatoms. The van der Waals surface area contributed by atoms with E-state index in [0.717, 1.165) is 89.7 Å². The fourth-order valence-corrected chi connectivity index (χ4v) is 6.14. The van der Waals surface area contributed by atoms with E-state index in [0.29, 0.717) is 19.0 Å².